The van der Waals surface area contributed by atoms with Crippen molar-refractivity contribution in [3.05, 3.63) is 46.5 Å². The van der Waals surface area contributed by atoms with Crippen molar-refractivity contribution >= 4 is 17.5 Å². The number of rotatable bonds is 3. The normalized spacial score (nSPS) is 11.4. The fourth-order valence-corrected chi connectivity index (χ4v) is 1.80. The minimum Gasteiger partial charge on any atom is -0.345 e. The van der Waals surface area contributed by atoms with Gasteiger partial charge in [-0.05, 0) is 11.6 Å². The third-order valence-corrected chi connectivity index (χ3v) is 3.16. The van der Waals surface area contributed by atoms with Crippen molar-refractivity contribution in [1.29, 1.82) is 0 Å². The van der Waals surface area contributed by atoms with Gasteiger partial charge < -0.3 is 5.32 Å². The van der Waals surface area contributed by atoms with E-state index in [2.05, 4.69) is 20.5 Å². The Balaban J connectivity index is 2.02. The van der Waals surface area contributed by atoms with Crippen LogP contribution in [0.3, 0.4) is 0 Å². The summed E-state index contributed by atoms with van der Waals surface area (Å²) in [6, 6.07) is 7.37. The Morgan fingerprint density at radius 1 is 1.35 bits per heavy atom. The molecule has 0 unspecified atom stereocenters. The highest BCUT2D eigenvalue weighted by atomic mass is 35.5. The molecule has 1 amide bonds. The highest BCUT2D eigenvalue weighted by molar-refractivity contribution is 6.31. The number of carbonyl (C=O) groups is 1. The zero-order valence-electron chi connectivity index (χ0n) is 11.7. The number of hydrogen-bond donors (Lipinski definition) is 2. The molecule has 0 radical (unpaired) electrons. The number of amides is 1. The van der Waals surface area contributed by atoms with E-state index >= 15 is 0 Å². The van der Waals surface area contributed by atoms with Crippen molar-refractivity contribution in [3.63, 3.8) is 0 Å². The predicted molar refractivity (Wildman–Crippen MR) is 77.7 cm³/mol. The molecule has 0 fully saturated rings. The summed E-state index contributed by atoms with van der Waals surface area (Å²) < 4.78 is 0. The fraction of sp³-hybridized carbons (Fsp3) is 0.357. The number of H-pyrrole nitrogens is 1. The number of halogens is 1. The van der Waals surface area contributed by atoms with Gasteiger partial charge in [0.2, 0.25) is 5.82 Å². The van der Waals surface area contributed by atoms with Crippen LogP contribution in [0.4, 0.5) is 0 Å². The van der Waals surface area contributed by atoms with Crippen molar-refractivity contribution < 1.29 is 4.79 Å². The van der Waals surface area contributed by atoms with Crippen LogP contribution in [0.2, 0.25) is 5.02 Å². The van der Waals surface area contributed by atoms with Crippen LogP contribution >= 0.6 is 11.6 Å². The summed E-state index contributed by atoms with van der Waals surface area (Å²) in [7, 11) is 0. The maximum Gasteiger partial charge on any atom is 0.291 e. The van der Waals surface area contributed by atoms with Crippen LogP contribution in [0.5, 0.6) is 0 Å². The van der Waals surface area contributed by atoms with Gasteiger partial charge in [0.05, 0.1) is 0 Å². The monoisotopic (exact) mass is 292 g/mol. The lowest BCUT2D eigenvalue weighted by atomic mass is 9.96. The summed E-state index contributed by atoms with van der Waals surface area (Å²) in [5.41, 5.74) is 0.683. The van der Waals surface area contributed by atoms with Gasteiger partial charge in [0.25, 0.3) is 5.91 Å². The molecule has 2 rings (SSSR count). The molecular weight excluding hydrogens is 276 g/mol. The number of benzene rings is 1. The van der Waals surface area contributed by atoms with E-state index in [0.29, 0.717) is 17.4 Å². The van der Waals surface area contributed by atoms with Gasteiger partial charge in [0.15, 0.2) is 0 Å². The molecule has 106 valence electrons. The van der Waals surface area contributed by atoms with Crippen molar-refractivity contribution in [3.8, 4) is 0 Å². The summed E-state index contributed by atoms with van der Waals surface area (Å²) in [5.74, 6) is 0.499. The van der Waals surface area contributed by atoms with Crippen molar-refractivity contribution in [2.24, 2.45) is 0 Å². The molecule has 2 N–H and O–H groups in total. The zero-order chi connectivity index (χ0) is 14.8. The summed E-state index contributed by atoms with van der Waals surface area (Å²) in [6.07, 6.45) is 0. The lowest BCUT2D eigenvalue weighted by Crippen LogP contribution is -2.24. The van der Waals surface area contributed by atoms with Crippen LogP contribution in [0.15, 0.2) is 24.3 Å². The smallest absolute Gasteiger partial charge is 0.291 e. The minimum atomic E-state index is -0.323. The Bertz CT molecular complexity index is 616. The van der Waals surface area contributed by atoms with E-state index < -0.39 is 0 Å². The van der Waals surface area contributed by atoms with Gasteiger partial charge >= 0.3 is 0 Å². The first kappa shape index (κ1) is 14.5. The number of nitrogens with zero attached hydrogens (tertiary/aromatic N) is 2. The SMILES string of the molecule is CC(C)(C)c1nc(C(=O)NCc2ccccc2Cl)n[nH]1. The van der Waals surface area contributed by atoms with Gasteiger partial charge in [-0.2, -0.15) is 0 Å². The summed E-state index contributed by atoms with van der Waals surface area (Å²) in [5, 5.41) is 10.1. The summed E-state index contributed by atoms with van der Waals surface area (Å²) >= 11 is 6.03. The third-order valence-electron chi connectivity index (χ3n) is 2.80. The number of hydrogen-bond acceptors (Lipinski definition) is 3. The van der Waals surface area contributed by atoms with E-state index in [0.717, 1.165) is 5.56 Å². The zero-order valence-corrected chi connectivity index (χ0v) is 12.5. The average molecular weight is 293 g/mol. The van der Waals surface area contributed by atoms with E-state index in [1.165, 1.54) is 0 Å². The molecule has 2 aromatic rings. The molecule has 0 aliphatic rings. The first-order chi connectivity index (χ1) is 9.38. The first-order valence-corrected chi connectivity index (χ1v) is 6.70. The highest BCUT2D eigenvalue weighted by Gasteiger charge is 2.21. The third kappa shape index (κ3) is 3.36. The Labute approximate surface area is 122 Å². The molecule has 0 aliphatic heterocycles. The maximum absolute atomic E-state index is 12.0. The fourth-order valence-electron chi connectivity index (χ4n) is 1.60. The second-order valence-corrected chi connectivity index (χ2v) is 5.94. The van der Waals surface area contributed by atoms with Crippen molar-refractivity contribution in [1.82, 2.24) is 20.5 Å². The van der Waals surface area contributed by atoms with Gasteiger partial charge in [-0.15, -0.1) is 5.10 Å². The van der Waals surface area contributed by atoms with Crippen molar-refractivity contribution in [2.45, 2.75) is 32.7 Å². The molecule has 0 aliphatic carbocycles. The molecule has 1 heterocycles. The topological polar surface area (TPSA) is 70.7 Å². The molecule has 6 heteroatoms. The van der Waals surface area contributed by atoms with Crippen LogP contribution in [-0.2, 0) is 12.0 Å². The summed E-state index contributed by atoms with van der Waals surface area (Å²) in [6.45, 7) is 6.34. The quantitative estimate of drug-likeness (QED) is 0.914. The van der Waals surface area contributed by atoms with Crippen LogP contribution in [0, 0.1) is 0 Å². The van der Waals surface area contributed by atoms with Crippen LogP contribution in [0.1, 0.15) is 42.8 Å². The standard InChI is InChI=1S/C14H17ClN4O/c1-14(2,3)13-17-11(18-19-13)12(20)16-8-9-6-4-5-7-10(9)15/h4-7H,8H2,1-3H3,(H,16,20)(H,17,18,19). The van der Waals surface area contributed by atoms with Gasteiger partial charge in [-0.25, -0.2) is 4.98 Å². The van der Waals surface area contributed by atoms with E-state index in [9.17, 15) is 4.79 Å². The Kier molecular flexibility index (Phi) is 4.09. The molecular formula is C14H17ClN4O. The van der Waals surface area contributed by atoms with Gasteiger partial charge in [0, 0.05) is 17.0 Å². The predicted octanol–water partition coefficient (Wildman–Crippen LogP) is 2.69. The van der Waals surface area contributed by atoms with E-state index in [1.54, 1.807) is 6.07 Å². The molecule has 1 aromatic carbocycles. The minimum absolute atomic E-state index is 0.141. The maximum atomic E-state index is 12.0. The van der Waals surface area contributed by atoms with Gasteiger partial charge in [-0.1, -0.05) is 50.6 Å². The van der Waals surface area contributed by atoms with E-state index in [-0.39, 0.29) is 17.1 Å². The Morgan fingerprint density at radius 2 is 2.05 bits per heavy atom. The Hall–Kier alpha value is -1.88. The average Bonchev–Trinajstić information content (AvgIpc) is 2.87. The van der Waals surface area contributed by atoms with E-state index in [4.69, 9.17) is 11.6 Å². The Morgan fingerprint density at radius 3 is 2.65 bits per heavy atom. The molecule has 0 saturated heterocycles. The second kappa shape index (κ2) is 5.63. The number of nitrogens with one attached hydrogen (secondary N) is 2. The van der Waals surface area contributed by atoms with Crippen LogP contribution in [0.25, 0.3) is 0 Å². The highest BCUT2D eigenvalue weighted by Crippen LogP contribution is 2.17. The lowest BCUT2D eigenvalue weighted by molar-refractivity contribution is 0.0941. The van der Waals surface area contributed by atoms with Gasteiger partial charge in [0.1, 0.15) is 5.82 Å². The van der Waals surface area contributed by atoms with E-state index in [1.807, 2.05) is 39.0 Å². The molecule has 0 saturated carbocycles. The molecule has 5 nitrogen and oxygen atoms in total. The number of aromatic nitrogens is 3. The summed E-state index contributed by atoms with van der Waals surface area (Å²) in [4.78, 5) is 16.2. The molecule has 20 heavy (non-hydrogen) atoms. The second-order valence-electron chi connectivity index (χ2n) is 5.53. The lowest BCUT2D eigenvalue weighted by Gasteiger charge is -2.12. The molecule has 1 aromatic heterocycles. The number of aromatic amines is 1. The first-order valence-electron chi connectivity index (χ1n) is 6.32. The molecule has 0 atom stereocenters. The molecule has 0 spiro atoms. The van der Waals surface area contributed by atoms with Crippen LogP contribution < -0.4 is 5.32 Å². The largest absolute Gasteiger partial charge is 0.345 e. The molecule has 0 bridgehead atoms. The van der Waals surface area contributed by atoms with Crippen molar-refractivity contribution in [2.75, 3.05) is 0 Å². The number of carbonyl (C=O) groups excluding carboxylic acids is 1. The van der Waals surface area contributed by atoms with Crippen LogP contribution in [-0.4, -0.2) is 21.1 Å². The van der Waals surface area contributed by atoms with Gasteiger partial charge in [-0.3, -0.25) is 9.89 Å².